The Labute approximate surface area is 153 Å². The van der Waals surface area contributed by atoms with Gasteiger partial charge < -0.3 is 14.6 Å². The van der Waals surface area contributed by atoms with Gasteiger partial charge in [-0.25, -0.2) is 10.2 Å². The van der Waals surface area contributed by atoms with Gasteiger partial charge >= 0.3 is 5.97 Å². The first-order valence-corrected chi connectivity index (χ1v) is 7.51. The number of hydrogen-bond acceptors (Lipinski definition) is 8. The second kappa shape index (κ2) is 8.94. The fourth-order valence-corrected chi connectivity index (χ4v) is 1.90. The second-order valence-electron chi connectivity index (χ2n) is 5.09. The van der Waals surface area contributed by atoms with Gasteiger partial charge in [-0.05, 0) is 35.9 Å². The van der Waals surface area contributed by atoms with E-state index in [-0.39, 0.29) is 17.9 Å². The summed E-state index contributed by atoms with van der Waals surface area (Å²) in [6.07, 6.45) is 1.33. The van der Waals surface area contributed by atoms with Crippen molar-refractivity contribution in [2.45, 2.75) is 0 Å². The molecule has 0 aliphatic carbocycles. The molecule has 0 bridgehead atoms. The predicted molar refractivity (Wildman–Crippen MR) is 93.8 cm³/mol. The van der Waals surface area contributed by atoms with Crippen LogP contribution in [-0.4, -0.2) is 41.8 Å². The predicted octanol–water partition coefficient (Wildman–Crippen LogP) is 1.62. The van der Waals surface area contributed by atoms with Crippen LogP contribution in [0, 0.1) is 10.1 Å². The highest BCUT2D eigenvalue weighted by Gasteiger charge is 2.16. The molecule has 0 saturated heterocycles. The van der Waals surface area contributed by atoms with Gasteiger partial charge in [0.2, 0.25) is 0 Å². The van der Waals surface area contributed by atoms with Crippen LogP contribution >= 0.6 is 0 Å². The van der Waals surface area contributed by atoms with Gasteiger partial charge in [-0.2, -0.15) is 5.10 Å². The van der Waals surface area contributed by atoms with E-state index in [2.05, 4.69) is 15.3 Å². The number of hydrogen-bond donors (Lipinski definition) is 2. The van der Waals surface area contributed by atoms with Crippen LogP contribution in [0.5, 0.6) is 11.5 Å². The highest BCUT2D eigenvalue weighted by atomic mass is 16.6. The summed E-state index contributed by atoms with van der Waals surface area (Å²) in [4.78, 5) is 33.0. The highest BCUT2D eigenvalue weighted by Crippen LogP contribution is 2.22. The van der Waals surface area contributed by atoms with Crippen LogP contribution in [0.3, 0.4) is 0 Å². The van der Waals surface area contributed by atoms with Gasteiger partial charge in [-0.15, -0.1) is 0 Å². The third-order valence-electron chi connectivity index (χ3n) is 3.28. The zero-order valence-electron chi connectivity index (χ0n) is 14.1. The number of ether oxygens (including phenoxy) is 2. The van der Waals surface area contributed by atoms with Gasteiger partial charge in [0.25, 0.3) is 11.6 Å². The van der Waals surface area contributed by atoms with Crippen molar-refractivity contribution in [3.63, 3.8) is 0 Å². The number of non-ortho nitro benzene ring substituents is 1. The van der Waals surface area contributed by atoms with Crippen molar-refractivity contribution in [2.24, 2.45) is 5.10 Å². The van der Waals surface area contributed by atoms with Crippen LogP contribution in [0.2, 0.25) is 0 Å². The smallest absolute Gasteiger partial charge is 0.343 e. The molecule has 10 heteroatoms. The molecule has 0 radical (unpaired) electrons. The Kier molecular flexibility index (Phi) is 6.42. The van der Waals surface area contributed by atoms with Crippen LogP contribution in [0.1, 0.15) is 15.9 Å². The number of nitro benzene ring substituents is 1. The number of nitro groups is 1. The van der Waals surface area contributed by atoms with E-state index in [0.29, 0.717) is 11.3 Å². The van der Waals surface area contributed by atoms with E-state index in [1.807, 2.05) is 0 Å². The van der Waals surface area contributed by atoms with Crippen LogP contribution in [-0.2, 0) is 9.53 Å². The molecule has 0 heterocycles. The van der Waals surface area contributed by atoms with Crippen molar-refractivity contribution in [1.82, 2.24) is 5.43 Å². The number of benzene rings is 2. The number of esters is 1. The van der Waals surface area contributed by atoms with Gasteiger partial charge in [0.1, 0.15) is 11.5 Å². The van der Waals surface area contributed by atoms with Crippen LogP contribution < -0.4 is 10.2 Å². The molecular formula is C17H15N3O7. The summed E-state index contributed by atoms with van der Waals surface area (Å²) in [6.45, 7) is -0.216. The molecule has 2 aromatic rings. The van der Waals surface area contributed by atoms with Crippen LogP contribution in [0.15, 0.2) is 47.6 Å². The molecule has 27 heavy (non-hydrogen) atoms. The van der Waals surface area contributed by atoms with Crippen molar-refractivity contribution < 1.29 is 29.1 Å². The first-order valence-electron chi connectivity index (χ1n) is 7.51. The molecule has 0 aromatic heterocycles. The summed E-state index contributed by atoms with van der Waals surface area (Å²) in [5.74, 6) is -1.26. The normalized spacial score (nSPS) is 10.4. The molecule has 2 aromatic carbocycles. The number of rotatable bonds is 7. The van der Waals surface area contributed by atoms with E-state index < -0.39 is 22.5 Å². The number of amides is 1. The SMILES string of the molecule is COC(=O)COc1ccc(/C=N/NC(=O)c2cc([N+](=O)[O-])ccc2O)cc1. The Morgan fingerprint density at radius 3 is 2.59 bits per heavy atom. The molecule has 0 saturated carbocycles. The Morgan fingerprint density at radius 1 is 1.26 bits per heavy atom. The third-order valence-corrected chi connectivity index (χ3v) is 3.28. The van der Waals surface area contributed by atoms with E-state index in [1.54, 1.807) is 24.3 Å². The molecule has 0 unspecified atom stereocenters. The first kappa shape index (κ1) is 19.4. The summed E-state index contributed by atoms with van der Waals surface area (Å²) in [5.41, 5.74) is 2.19. The molecule has 0 atom stereocenters. The van der Waals surface area contributed by atoms with Gasteiger partial charge in [0.15, 0.2) is 6.61 Å². The summed E-state index contributed by atoms with van der Waals surface area (Å²) in [6, 6.07) is 9.55. The topological polar surface area (TPSA) is 140 Å². The number of phenols is 1. The van der Waals surface area contributed by atoms with Gasteiger partial charge in [-0.1, -0.05) is 0 Å². The minimum absolute atomic E-state index is 0.216. The van der Waals surface area contributed by atoms with Crippen LogP contribution in [0.4, 0.5) is 5.69 Å². The molecule has 0 aliphatic heterocycles. The number of nitrogens with zero attached hydrogens (tertiary/aromatic N) is 2. The summed E-state index contributed by atoms with van der Waals surface area (Å²) < 4.78 is 9.64. The van der Waals surface area contributed by atoms with Crippen molar-refractivity contribution in [3.05, 3.63) is 63.7 Å². The lowest BCUT2D eigenvalue weighted by molar-refractivity contribution is -0.384. The number of phenolic OH excluding ortho intramolecular Hbond substituents is 1. The molecule has 2 N–H and O–H groups in total. The maximum absolute atomic E-state index is 12.0. The summed E-state index contributed by atoms with van der Waals surface area (Å²) in [5, 5.41) is 24.1. The van der Waals surface area contributed by atoms with Gasteiger partial charge in [0.05, 0.1) is 23.8 Å². The maximum atomic E-state index is 12.0. The Balaban J connectivity index is 1.97. The average Bonchev–Trinajstić information content (AvgIpc) is 2.67. The van der Waals surface area contributed by atoms with Gasteiger partial charge in [0, 0.05) is 12.1 Å². The van der Waals surface area contributed by atoms with E-state index in [1.165, 1.54) is 13.3 Å². The standard InChI is InChI=1S/C17H15N3O7/c1-26-16(22)10-27-13-5-2-11(3-6-13)9-18-19-17(23)14-8-12(20(24)25)4-7-15(14)21/h2-9,21H,10H2,1H3,(H,19,23)/b18-9+. The Hall–Kier alpha value is -3.95. The minimum Gasteiger partial charge on any atom is -0.507 e. The first-order chi connectivity index (χ1) is 12.9. The summed E-state index contributed by atoms with van der Waals surface area (Å²) >= 11 is 0. The quantitative estimate of drug-likeness (QED) is 0.325. The maximum Gasteiger partial charge on any atom is 0.343 e. The average molecular weight is 373 g/mol. The second-order valence-corrected chi connectivity index (χ2v) is 5.09. The molecule has 0 aliphatic rings. The molecular weight excluding hydrogens is 358 g/mol. The van der Waals surface area contributed by atoms with Crippen molar-refractivity contribution >= 4 is 23.8 Å². The zero-order valence-corrected chi connectivity index (χ0v) is 14.1. The number of hydrazone groups is 1. The lowest BCUT2D eigenvalue weighted by atomic mass is 10.1. The van der Waals surface area contributed by atoms with Crippen molar-refractivity contribution in [3.8, 4) is 11.5 Å². The van der Waals surface area contributed by atoms with E-state index >= 15 is 0 Å². The largest absolute Gasteiger partial charge is 0.507 e. The van der Waals surface area contributed by atoms with E-state index in [4.69, 9.17) is 4.74 Å². The van der Waals surface area contributed by atoms with Gasteiger partial charge in [-0.3, -0.25) is 14.9 Å². The number of carbonyl (C=O) groups excluding carboxylic acids is 2. The Bertz CT molecular complexity index is 879. The lowest BCUT2D eigenvalue weighted by Gasteiger charge is -2.05. The van der Waals surface area contributed by atoms with Crippen molar-refractivity contribution in [2.75, 3.05) is 13.7 Å². The molecule has 1 amide bonds. The highest BCUT2D eigenvalue weighted by molar-refractivity contribution is 5.98. The Morgan fingerprint density at radius 2 is 1.96 bits per heavy atom. The number of aromatic hydroxyl groups is 1. The monoisotopic (exact) mass is 373 g/mol. The molecule has 0 spiro atoms. The zero-order chi connectivity index (χ0) is 19.8. The summed E-state index contributed by atoms with van der Waals surface area (Å²) in [7, 11) is 1.26. The minimum atomic E-state index is -0.800. The number of methoxy groups -OCH3 is 1. The van der Waals surface area contributed by atoms with E-state index in [9.17, 15) is 24.8 Å². The molecule has 10 nitrogen and oxygen atoms in total. The molecule has 2 rings (SSSR count). The third kappa shape index (κ3) is 5.53. The number of nitrogens with one attached hydrogen (secondary N) is 1. The molecule has 0 fully saturated rings. The lowest BCUT2D eigenvalue weighted by Crippen LogP contribution is -2.18. The van der Waals surface area contributed by atoms with E-state index in [0.717, 1.165) is 18.2 Å². The fraction of sp³-hybridized carbons (Fsp3) is 0.118. The molecule has 140 valence electrons. The van der Waals surface area contributed by atoms with Crippen LogP contribution in [0.25, 0.3) is 0 Å². The fourth-order valence-electron chi connectivity index (χ4n) is 1.90. The number of carbonyl (C=O) groups is 2. The van der Waals surface area contributed by atoms with Crippen molar-refractivity contribution in [1.29, 1.82) is 0 Å².